The number of carbonyl (C=O) groups excluding carboxylic acids is 1. The molecule has 0 radical (unpaired) electrons. The van der Waals surface area contributed by atoms with E-state index in [9.17, 15) is 4.79 Å². The van der Waals surface area contributed by atoms with Crippen molar-refractivity contribution < 1.29 is 4.79 Å². The summed E-state index contributed by atoms with van der Waals surface area (Å²) in [6.07, 6.45) is 0. The van der Waals surface area contributed by atoms with Crippen LogP contribution >= 0.6 is 31.9 Å². The molecule has 2 aromatic carbocycles. The van der Waals surface area contributed by atoms with Gasteiger partial charge in [-0.05, 0) is 29.8 Å². The van der Waals surface area contributed by atoms with Crippen LogP contribution < -0.4 is 11.1 Å². The molecule has 3 nitrogen and oxygen atoms in total. The van der Waals surface area contributed by atoms with Crippen LogP contribution in [0.5, 0.6) is 0 Å². The predicted molar refractivity (Wildman–Crippen MR) is 83.8 cm³/mol. The molecule has 2 aromatic rings. The van der Waals surface area contributed by atoms with Crippen molar-refractivity contribution in [3.63, 3.8) is 0 Å². The Balaban J connectivity index is 2.32. The topological polar surface area (TPSA) is 55.1 Å². The van der Waals surface area contributed by atoms with Crippen LogP contribution in [0.1, 0.15) is 11.6 Å². The van der Waals surface area contributed by atoms with Crippen molar-refractivity contribution in [3.8, 4) is 0 Å². The first-order valence-electron chi connectivity index (χ1n) is 5.64. The Labute approximate surface area is 128 Å². The van der Waals surface area contributed by atoms with Crippen LogP contribution in [0.2, 0.25) is 0 Å². The zero-order chi connectivity index (χ0) is 13.8. The van der Waals surface area contributed by atoms with Crippen molar-refractivity contribution in [2.24, 2.45) is 5.73 Å². The number of benzene rings is 2. The van der Waals surface area contributed by atoms with E-state index in [4.69, 9.17) is 5.73 Å². The van der Waals surface area contributed by atoms with Gasteiger partial charge in [0.25, 0.3) is 0 Å². The number of anilines is 1. The van der Waals surface area contributed by atoms with Crippen molar-refractivity contribution in [1.29, 1.82) is 0 Å². The van der Waals surface area contributed by atoms with Crippen LogP contribution in [0.15, 0.2) is 57.5 Å². The summed E-state index contributed by atoms with van der Waals surface area (Å²) in [4.78, 5) is 11.7. The molecule has 0 aliphatic heterocycles. The molecule has 0 aliphatic carbocycles. The molecule has 1 atom stereocenters. The highest BCUT2D eigenvalue weighted by Crippen LogP contribution is 2.27. The SMILES string of the molecule is NC(=O)C(Nc1cccc(Br)c1)c1ccccc1Br. The lowest BCUT2D eigenvalue weighted by Gasteiger charge is -2.18. The first-order chi connectivity index (χ1) is 9.08. The maximum atomic E-state index is 11.7. The fourth-order valence-corrected chi connectivity index (χ4v) is 2.67. The van der Waals surface area contributed by atoms with E-state index >= 15 is 0 Å². The Kier molecular flexibility index (Phi) is 4.61. The Hall–Kier alpha value is -1.33. The average Bonchev–Trinajstić information content (AvgIpc) is 2.37. The first-order valence-corrected chi connectivity index (χ1v) is 7.22. The van der Waals surface area contributed by atoms with Crippen LogP contribution in [0, 0.1) is 0 Å². The molecule has 98 valence electrons. The van der Waals surface area contributed by atoms with Crippen LogP contribution in [0.4, 0.5) is 5.69 Å². The molecule has 0 heterocycles. The van der Waals surface area contributed by atoms with Gasteiger partial charge < -0.3 is 11.1 Å². The van der Waals surface area contributed by atoms with E-state index in [2.05, 4.69) is 37.2 Å². The van der Waals surface area contributed by atoms with Gasteiger partial charge in [0.1, 0.15) is 6.04 Å². The summed E-state index contributed by atoms with van der Waals surface area (Å²) < 4.78 is 1.79. The molecule has 0 aromatic heterocycles. The molecule has 0 aliphatic rings. The number of amides is 1. The highest BCUT2D eigenvalue weighted by atomic mass is 79.9. The van der Waals surface area contributed by atoms with Gasteiger partial charge in [0.2, 0.25) is 5.91 Å². The second-order valence-corrected chi connectivity index (χ2v) is 5.78. The van der Waals surface area contributed by atoms with Gasteiger partial charge in [0, 0.05) is 14.6 Å². The van der Waals surface area contributed by atoms with Gasteiger partial charge in [-0.1, -0.05) is 56.1 Å². The lowest BCUT2D eigenvalue weighted by molar-refractivity contribution is -0.118. The number of hydrogen-bond donors (Lipinski definition) is 2. The number of hydrogen-bond acceptors (Lipinski definition) is 2. The van der Waals surface area contributed by atoms with Crippen molar-refractivity contribution in [2.75, 3.05) is 5.32 Å². The van der Waals surface area contributed by atoms with Gasteiger partial charge in [-0.2, -0.15) is 0 Å². The molecule has 3 N–H and O–H groups in total. The molecule has 0 fully saturated rings. The lowest BCUT2D eigenvalue weighted by Crippen LogP contribution is -2.28. The fraction of sp³-hybridized carbons (Fsp3) is 0.0714. The number of rotatable bonds is 4. The molecule has 19 heavy (non-hydrogen) atoms. The van der Waals surface area contributed by atoms with E-state index in [1.807, 2.05) is 48.5 Å². The van der Waals surface area contributed by atoms with E-state index in [0.717, 1.165) is 20.2 Å². The van der Waals surface area contributed by atoms with Crippen molar-refractivity contribution in [2.45, 2.75) is 6.04 Å². The van der Waals surface area contributed by atoms with Crippen LogP contribution in [-0.2, 0) is 4.79 Å². The molecule has 0 saturated carbocycles. The quantitative estimate of drug-likeness (QED) is 0.842. The fourth-order valence-electron chi connectivity index (χ4n) is 1.76. The summed E-state index contributed by atoms with van der Waals surface area (Å²) in [6.45, 7) is 0. The Morgan fingerprint density at radius 1 is 1.11 bits per heavy atom. The minimum absolute atomic E-state index is 0.424. The maximum absolute atomic E-state index is 11.7. The lowest BCUT2D eigenvalue weighted by atomic mass is 10.1. The maximum Gasteiger partial charge on any atom is 0.244 e. The summed E-state index contributed by atoms with van der Waals surface area (Å²) >= 11 is 6.83. The third kappa shape index (κ3) is 3.58. The Morgan fingerprint density at radius 2 is 1.84 bits per heavy atom. The van der Waals surface area contributed by atoms with Crippen LogP contribution in [-0.4, -0.2) is 5.91 Å². The number of primary amides is 1. The molecule has 0 saturated heterocycles. The Morgan fingerprint density at radius 3 is 2.47 bits per heavy atom. The monoisotopic (exact) mass is 382 g/mol. The van der Waals surface area contributed by atoms with Gasteiger partial charge in [-0.3, -0.25) is 4.79 Å². The highest BCUT2D eigenvalue weighted by molar-refractivity contribution is 9.10. The number of halogens is 2. The summed E-state index contributed by atoms with van der Waals surface area (Å²) in [7, 11) is 0. The van der Waals surface area contributed by atoms with Gasteiger partial charge in [0.05, 0.1) is 0 Å². The highest BCUT2D eigenvalue weighted by Gasteiger charge is 2.19. The zero-order valence-corrected chi connectivity index (χ0v) is 13.1. The largest absolute Gasteiger partial charge is 0.370 e. The first kappa shape index (κ1) is 14.1. The molecule has 5 heteroatoms. The second kappa shape index (κ2) is 6.21. The minimum atomic E-state index is -0.579. The summed E-state index contributed by atoms with van der Waals surface area (Å²) in [5, 5.41) is 3.14. The third-order valence-corrected chi connectivity index (χ3v) is 3.85. The van der Waals surface area contributed by atoms with E-state index in [1.54, 1.807) is 0 Å². The molecule has 1 amide bonds. The van der Waals surface area contributed by atoms with Gasteiger partial charge in [-0.25, -0.2) is 0 Å². The molecule has 2 rings (SSSR count). The van der Waals surface area contributed by atoms with Crippen molar-refractivity contribution >= 4 is 43.5 Å². The summed E-state index contributed by atoms with van der Waals surface area (Å²) in [5.41, 5.74) is 7.13. The molecule has 0 bridgehead atoms. The summed E-state index contributed by atoms with van der Waals surface area (Å²) in [5.74, 6) is -0.424. The number of carbonyl (C=O) groups is 1. The second-order valence-electron chi connectivity index (χ2n) is 4.01. The van der Waals surface area contributed by atoms with E-state index in [1.165, 1.54) is 0 Å². The number of nitrogens with two attached hydrogens (primary N) is 1. The zero-order valence-electron chi connectivity index (χ0n) is 9.94. The van der Waals surface area contributed by atoms with Gasteiger partial charge in [-0.15, -0.1) is 0 Å². The molecular weight excluding hydrogens is 372 g/mol. The van der Waals surface area contributed by atoms with E-state index in [-0.39, 0.29) is 0 Å². The smallest absolute Gasteiger partial charge is 0.244 e. The third-order valence-electron chi connectivity index (χ3n) is 2.64. The minimum Gasteiger partial charge on any atom is -0.370 e. The van der Waals surface area contributed by atoms with E-state index < -0.39 is 11.9 Å². The average molecular weight is 384 g/mol. The molecule has 0 spiro atoms. The molecule has 1 unspecified atom stereocenters. The van der Waals surface area contributed by atoms with Crippen LogP contribution in [0.3, 0.4) is 0 Å². The van der Waals surface area contributed by atoms with Crippen LogP contribution in [0.25, 0.3) is 0 Å². The van der Waals surface area contributed by atoms with E-state index in [0.29, 0.717) is 0 Å². The van der Waals surface area contributed by atoms with Crippen molar-refractivity contribution in [1.82, 2.24) is 0 Å². The summed E-state index contributed by atoms with van der Waals surface area (Å²) in [6, 6.07) is 14.5. The predicted octanol–water partition coefficient (Wildman–Crippen LogP) is 3.85. The molecular formula is C14H12Br2N2O. The van der Waals surface area contributed by atoms with Crippen molar-refractivity contribution in [3.05, 3.63) is 63.0 Å². The standard InChI is InChI=1S/C14H12Br2N2O/c15-9-4-3-5-10(8-9)18-13(14(17)19)11-6-1-2-7-12(11)16/h1-8,13,18H,(H2,17,19). The van der Waals surface area contributed by atoms with Gasteiger partial charge >= 0.3 is 0 Å². The number of nitrogens with one attached hydrogen (secondary N) is 1. The van der Waals surface area contributed by atoms with Gasteiger partial charge in [0.15, 0.2) is 0 Å². The Bertz CT molecular complexity index is 602. The normalized spacial score (nSPS) is 11.9.